The van der Waals surface area contributed by atoms with Crippen molar-refractivity contribution in [3.05, 3.63) is 274 Å². The molecule has 0 N–H and O–H groups in total. The number of pyridine rings is 4. The molecule has 9 aromatic rings. The summed E-state index contributed by atoms with van der Waals surface area (Å²) in [7, 11) is 2.04. The van der Waals surface area contributed by atoms with Gasteiger partial charge in [-0.25, -0.2) is 0 Å². The lowest BCUT2D eigenvalue weighted by atomic mass is 9.64. The molecular weight excluding hydrogens is 781 g/mol. The maximum Gasteiger partial charge on any atom is 0.490 e. The molecule has 0 spiro atoms. The first-order valence-corrected chi connectivity index (χ1v) is 21.8. The van der Waals surface area contributed by atoms with Crippen molar-refractivity contribution >= 4 is 6.01 Å². The number of aryl methyl sites for hydroxylation is 1. The van der Waals surface area contributed by atoms with E-state index in [9.17, 15) is 0 Å². The number of hydrogen-bond acceptors (Lipinski definition) is 4. The summed E-state index contributed by atoms with van der Waals surface area (Å²) in [5.74, 6) is 0. The van der Waals surface area contributed by atoms with Gasteiger partial charge in [0.2, 0.25) is 12.4 Å². The standard InChI is InChI=1S/C58H40N6/c1-38-21-28-62-55(31-38)57(50-19-7-4-16-44(50)47-35-60-26-23-52(47)57)41-13-9-11-39(32-41)56(49-18-6-3-15-43(49)46-34-59-25-22-51(46)56)40-12-10-14-42(33-40)58(64-30-29-63(2)37-64)53-20-8-5-17-45(53)48-36-61-27-24-54(48)58/h3-36H,1-2H3/q+2. The molecule has 0 bridgehead atoms. The van der Waals surface area contributed by atoms with Gasteiger partial charge in [0.25, 0.3) is 5.54 Å². The lowest BCUT2D eigenvalue weighted by Gasteiger charge is -2.37. The normalized spacial score (nSPS) is 20.4. The Hall–Kier alpha value is -8.18. The highest BCUT2D eigenvalue weighted by atomic mass is 15.2. The molecule has 3 unspecified atom stereocenters. The maximum absolute atomic E-state index is 5.23. The Kier molecular flexibility index (Phi) is 7.64. The molecule has 300 valence electrons. The smallest absolute Gasteiger partial charge is 0.264 e. The minimum absolute atomic E-state index is 0.714. The van der Waals surface area contributed by atoms with Crippen LogP contribution in [0.1, 0.15) is 66.9 Å². The summed E-state index contributed by atoms with van der Waals surface area (Å²) in [6.45, 7) is 2.15. The summed E-state index contributed by atoms with van der Waals surface area (Å²) < 4.78 is 4.26. The Labute approximate surface area is 371 Å². The van der Waals surface area contributed by atoms with Crippen molar-refractivity contribution in [1.82, 2.24) is 19.9 Å². The van der Waals surface area contributed by atoms with E-state index in [1.807, 2.05) is 55.0 Å². The van der Waals surface area contributed by atoms with E-state index in [4.69, 9.17) is 9.97 Å². The summed E-state index contributed by atoms with van der Waals surface area (Å²) in [5, 5.41) is 0. The van der Waals surface area contributed by atoms with Gasteiger partial charge >= 0.3 is 6.01 Å². The highest BCUT2D eigenvalue weighted by Crippen LogP contribution is 2.60. The second kappa shape index (κ2) is 13.4. The van der Waals surface area contributed by atoms with Crippen LogP contribution in [0.5, 0.6) is 0 Å². The average molecular weight is 821 g/mol. The molecule has 0 fully saturated rings. The third-order valence-corrected chi connectivity index (χ3v) is 14.3. The van der Waals surface area contributed by atoms with E-state index in [0.29, 0.717) is 0 Å². The van der Waals surface area contributed by atoms with Crippen molar-refractivity contribution in [2.24, 2.45) is 0 Å². The van der Waals surface area contributed by atoms with Crippen LogP contribution in [0, 0.1) is 6.92 Å². The van der Waals surface area contributed by atoms with E-state index in [0.717, 1.165) is 50.2 Å². The van der Waals surface area contributed by atoms with Crippen molar-refractivity contribution in [3.63, 3.8) is 0 Å². The van der Waals surface area contributed by atoms with Crippen LogP contribution in [0.15, 0.2) is 207 Å². The van der Waals surface area contributed by atoms with Crippen LogP contribution in [-0.2, 0) is 16.4 Å². The average Bonchev–Trinajstić information content (AvgIpc) is 4.09. The molecular formula is C58H40N6+2. The third-order valence-electron chi connectivity index (χ3n) is 14.3. The monoisotopic (exact) mass is 820 g/mol. The quantitative estimate of drug-likeness (QED) is 0.157. The van der Waals surface area contributed by atoms with Crippen molar-refractivity contribution < 1.29 is 9.15 Å². The second-order valence-electron chi connectivity index (χ2n) is 17.4. The molecule has 5 heterocycles. The van der Waals surface area contributed by atoms with Crippen LogP contribution in [-0.4, -0.2) is 42.1 Å². The predicted octanol–water partition coefficient (Wildman–Crippen LogP) is 10.9. The summed E-state index contributed by atoms with van der Waals surface area (Å²) >= 11 is 0. The lowest BCUT2D eigenvalue weighted by molar-refractivity contribution is -0.533. The first-order chi connectivity index (χ1) is 31.5. The first kappa shape index (κ1) is 36.5. The molecule has 4 aliphatic rings. The fourth-order valence-electron chi connectivity index (χ4n) is 11.9. The van der Waals surface area contributed by atoms with E-state index in [-0.39, 0.29) is 0 Å². The molecule has 6 heteroatoms. The number of nitrogens with zero attached hydrogens (tertiary/aromatic N) is 6. The van der Waals surface area contributed by atoms with Crippen molar-refractivity contribution in [2.75, 3.05) is 7.05 Å². The molecule has 3 atom stereocenters. The molecule has 6 nitrogen and oxygen atoms in total. The zero-order valence-corrected chi connectivity index (χ0v) is 35.3. The Morgan fingerprint density at radius 2 is 0.891 bits per heavy atom. The molecule has 3 aliphatic carbocycles. The van der Waals surface area contributed by atoms with E-state index in [2.05, 4.69) is 192 Å². The maximum atomic E-state index is 5.23. The minimum atomic E-state index is -0.743. The zero-order valence-electron chi connectivity index (χ0n) is 35.3. The van der Waals surface area contributed by atoms with Gasteiger partial charge in [-0.15, -0.1) is 0 Å². The number of hydrogen-bond donors (Lipinski definition) is 0. The molecule has 13 rings (SSSR count). The van der Waals surface area contributed by atoms with E-state index in [1.54, 1.807) is 0 Å². The number of aromatic nitrogens is 4. The van der Waals surface area contributed by atoms with Crippen LogP contribution < -0.4 is 0 Å². The highest BCUT2D eigenvalue weighted by molar-refractivity contribution is 5.88. The van der Waals surface area contributed by atoms with Gasteiger partial charge in [-0.1, -0.05) is 124 Å². The minimum Gasteiger partial charge on any atom is -0.264 e. The van der Waals surface area contributed by atoms with Crippen molar-refractivity contribution in [1.29, 1.82) is 0 Å². The number of fused-ring (bicyclic) bond motifs is 9. The summed E-state index contributed by atoms with van der Waals surface area (Å²) in [6.07, 6.45) is 18.1. The van der Waals surface area contributed by atoms with Crippen LogP contribution in [0.4, 0.5) is 0 Å². The predicted molar refractivity (Wildman–Crippen MR) is 249 cm³/mol. The second-order valence-corrected chi connectivity index (χ2v) is 17.4. The van der Waals surface area contributed by atoms with Crippen LogP contribution in [0.2, 0.25) is 0 Å². The van der Waals surface area contributed by atoms with Gasteiger partial charge in [0.05, 0.1) is 16.5 Å². The number of benzene rings is 5. The summed E-state index contributed by atoms with van der Waals surface area (Å²) in [4.78, 5) is 19.3. The molecule has 0 radical (unpaired) electrons. The van der Waals surface area contributed by atoms with Gasteiger partial charge in [-0.05, 0) is 105 Å². The SMILES string of the molecule is Cc1ccnc(C2(c3cccc(C4(c5cccc(C6([N+]7=C=[N+](C)C=C7)c7ccccc7-c7cnccc76)c5)c5ccccc5-c5cnccc54)c3)c3ccccc3-c3cnccc32)c1. The Morgan fingerprint density at radius 1 is 0.422 bits per heavy atom. The van der Waals surface area contributed by atoms with E-state index in [1.165, 1.54) is 50.1 Å². The van der Waals surface area contributed by atoms with Gasteiger partial charge < -0.3 is 0 Å². The third kappa shape index (κ3) is 4.59. The van der Waals surface area contributed by atoms with Gasteiger partial charge in [-0.3, -0.25) is 19.9 Å². The van der Waals surface area contributed by atoms with E-state index >= 15 is 0 Å². The van der Waals surface area contributed by atoms with Crippen LogP contribution >= 0.6 is 0 Å². The molecule has 4 aromatic heterocycles. The van der Waals surface area contributed by atoms with Crippen molar-refractivity contribution in [2.45, 2.75) is 23.3 Å². The molecule has 0 saturated carbocycles. The summed E-state index contributed by atoms with van der Waals surface area (Å²) in [6, 6.07) is 59.8. The Bertz CT molecular complexity index is 3420. The summed E-state index contributed by atoms with van der Waals surface area (Å²) in [5.41, 5.74) is 18.6. The lowest BCUT2D eigenvalue weighted by Crippen LogP contribution is -2.38. The fourth-order valence-corrected chi connectivity index (χ4v) is 11.9. The molecule has 0 saturated heterocycles. The highest BCUT2D eigenvalue weighted by Gasteiger charge is 2.57. The molecule has 1 aliphatic heterocycles. The molecule has 0 amide bonds. The molecule has 5 aromatic carbocycles. The van der Waals surface area contributed by atoms with Gasteiger partial charge in [-0.2, -0.15) is 0 Å². The van der Waals surface area contributed by atoms with Gasteiger partial charge in [0, 0.05) is 76.8 Å². The van der Waals surface area contributed by atoms with Crippen LogP contribution in [0.3, 0.4) is 0 Å². The largest absolute Gasteiger partial charge is 0.490 e. The van der Waals surface area contributed by atoms with E-state index < -0.39 is 16.4 Å². The molecule has 64 heavy (non-hydrogen) atoms. The van der Waals surface area contributed by atoms with Gasteiger partial charge in [0.1, 0.15) is 0 Å². The van der Waals surface area contributed by atoms with Crippen molar-refractivity contribution in [3.8, 4) is 33.4 Å². The zero-order chi connectivity index (χ0) is 42.6. The van der Waals surface area contributed by atoms with Crippen LogP contribution in [0.25, 0.3) is 33.4 Å². The van der Waals surface area contributed by atoms with Gasteiger partial charge in [0.15, 0.2) is 7.05 Å². The Balaban J connectivity index is 1.14. The fraction of sp³-hybridized carbons (Fsp3) is 0.0862. The Morgan fingerprint density at radius 3 is 1.50 bits per heavy atom. The first-order valence-electron chi connectivity index (χ1n) is 21.8. The topological polar surface area (TPSA) is 57.6 Å². The number of rotatable bonds is 6.